The minimum absolute atomic E-state index is 0.327. The summed E-state index contributed by atoms with van der Waals surface area (Å²) in [6.07, 6.45) is 6.97. The van der Waals surface area contributed by atoms with E-state index < -0.39 is 5.91 Å². The maximum atomic E-state index is 11.0. The summed E-state index contributed by atoms with van der Waals surface area (Å²) in [5.74, 6) is 0.108. The van der Waals surface area contributed by atoms with Gasteiger partial charge in [0.1, 0.15) is 5.82 Å². The van der Waals surface area contributed by atoms with Crippen molar-refractivity contribution in [1.29, 1.82) is 0 Å². The van der Waals surface area contributed by atoms with Crippen molar-refractivity contribution in [3.63, 3.8) is 0 Å². The first-order chi connectivity index (χ1) is 13.5. The van der Waals surface area contributed by atoms with Gasteiger partial charge in [-0.05, 0) is 30.2 Å². The number of nitrogens with one attached hydrogen (secondary N) is 2. The lowest BCUT2D eigenvalue weighted by atomic mass is 10.2. The molecule has 2 heterocycles. The molecule has 1 aromatic carbocycles. The Morgan fingerprint density at radius 3 is 2.93 bits per heavy atom. The first-order valence-electron chi connectivity index (χ1n) is 9.23. The van der Waals surface area contributed by atoms with Crippen LogP contribution in [-0.4, -0.2) is 59.2 Å². The van der Waals surface area contributed by atoms with E-state index in [0.717, 1.165) is 26.1 Å². The third-order valence-corrected chi connectivity index (χ3v) is 4.64. The fraction of sp³-hybridized carbons (Fsp3) is 0.350. The van der Waals surface area contributed by atoms with Gasteiger partial charge in [0.15, 0.2) is 0 Å². The number of aromatic nitrogens is 2. The highest BCUT2D eigenvalue weighted by atomic mass is 16.5. The van der Waals surface area contributed by atoms with E-state index in [1.165, 1.54) is 28.9 Å². The van der Waals surface area contributed by atoms with Crippen LogP contribution in [-0.2, 0) is 11.3 Å². The summed E-state index contributed by atoms with van der Waals surface area (Å²) in [5, 5.41) is 11.9. The van der Waals surface area contributed by atoms with Crippen LogP contribution in [0.2, 0.25) is 0 Å². The van der Waals surface area contributed by atoms with Gasteiger partial charge < -0.3 is 10.2 Å². The third kappa shape index (κ3) is 5.51. The highest BCUT2D eigenvalue weighted by molar-refractivity contribution is 5.90. The van der Waals surface area contributed by atoms with Crippen molar-refractivity contribution in [2.75, 3.05) is 37.4 Å². The molecule has 0 spiro atoms. The Morgan fingerprint density at radius 1 is 1.36 bits per heavy atom. The summed E-state index contributed by atoms with van der Waals surface area (Å²) in [4.78, 5) is 24.1. The summed E-state index contributed by atoms with van der Waals surface area (Å²) in [6.45, 7) is 2.92. The van der Waals surface area contributed by atoms with Crippen LogP contribution in [0, 0.1) is 0 Å². The fourth-order valence-electron chi connectivity index (χ4n) is 3.19. The van der Waals surface area contributed by atoms with Crippen LogP contribution in [0.3, 0.4) is 0 Å². The summed E-state index contributed by atoms with van der Waals surface area (Å²) in [7, 11) is 4.11. The number of carbonyl (C=O) groups is 1. The quantitative estimate of drug-likeness (QED) is 0.382. The first-order valence-corrected chi connectivity index (χ1v) is 9.23. The molecule has 1 aliphatic rings. The zero-order valence-corrected chi connectivity index (χ0v) is 16.2. The molecule has 0 aliphatic carbocycles. The molecule has 1 amide bonds. The Bertz CT molecular complexity index is 822. The Balaban J connectivity index is 1.51. The molecule has 0 saturated carbocycles. The molecule has 8 nitrogen and oxygen atoms in total. The molecule has 0 unspecified atom stereocenters. The molecule has 0 radical (unpaired) electrons. The van der Waals surface area contributed by atoms with Gasteiger partial charge in [0.2, 0.25) is 0 Å². The van der Waals surface area contributed by atoms with Crippen molar-refractivity contribution < 1.29 is 10.0 Å². The normalized spacial score (nSPS) is 17.0. The average molecular weight is 382 g/mol. The second kappa shape index (κ2) is 9.29. The molecule has 28 heavy (non-hydrogen) atoms. The molecule has 1 atom stereocenters. The molecular weight excluding hydrogens is 356 g/mol. The van der Waals surface area contributed by atoms with Gasteiger partial charge in [-0.3, -0.25) is 19.9 Å². The van der Waals surface area contributed by atoms with E-state index in [1.807, 2.05) is 0 Å². The minimum Gasteiger partial charge on any atom is -0.378 e. The lowest BCUT2D eigenvalue weighted by molar-refractivity contribution is -0.124. The molecule has 2 aromatic rings. The van der Waals surface area contributed by atoms with Crippen LogP contribution in [0.1, 0.15) is 17.7 Å². The molecule has 1 fully saturated rings. The molecule has 0 bridgehead atoms. The summed E-state index contributed by atoms with van der Waals surface area (Å²) in [6, 6.07) is 8.95. The molecule has 1 saturated heterocycles. The number of rotatable bonds is 7. The number of benzene rings is 1. The highest BCUT2D eigenvalue weighted by Gasteiger charge is 2.22. The maximum absolute atomic E-state index is 11.0. The molecule has 1 aromatic heterocycles. The molecule has 3 rings (SSSR count). The Morgan fingerprint density at radius 2 is 2.21 bits per heavy atom. The van der Waals surface area contributed by atoms with Gasteiger partial charge >= 0.3 is 0 Å². The van der Waals surface area contributed by atoms with Crippen LogP contribution >= 0.6 is 0 Å². The third-order valence-electron chi connectivity index (χ3n) is 4.64. The van der Waals surface area contributed by atoms with E-state index in [4.69, 9.17) is 5.21 Å². The fourth-order valence-corrected chi connectivity index (χ4v) is 3.19. The van der Waals surface area contributed by atoms with Gasteiger partial charge in [-0.25, -0.2) is 10.5 Å². The van der Waals surface area contributed by atoms with E-state index in [0.29, 0.717) is 17.6 Å². The number of hydrogen-bond donors (Lipinski definition) is 3. The predicted molar refractivity (Wildman–Crippen MR) is 109 cm³/mol. The van der Waals surface area contributed by atoms with Gasteiger partial charge in [-0.2, -0.15) is 0 Å². The number of hydrogen-bond acceptors (Lipinski definition) is 7. The summed E-state index contributed by atoms with van der Waals surface area (Å²) < 4.78 is 0. The van der Waals surface area contributed by atoms with E-state index in [-0.39, 0.29) is 0 Å². The van der Waals surface area contributed by atoms with E-state index in [1.54, 1.807) is 12.4 Å². The lowest BCUT2D eigenvalue weighted by Crippen LogP contribution is -2.26. The van der Waals surface area contributed by atoms with Gasteiger partial charge in [-0.15, -0.1) is 0 Å². The summed E-state index contributed by atoms with van der Waals surface area (Å²) >= 11 is 0. The molecule has 3 N–H and O–H groups in total. The smallest absolute Gasteiger partial charge is 0.267 e. The number of nitrogens with zero attached hydrogens (tertiary/aromatic N) is 4. The van der Waals surface area contributed by atoms with Crippen molar-refractivity contribution in [3.05, 3.63) is 54.0 Å². The van der Waals surface area contributed by atoms with E-state index >= 15 is 0 Å². The Hall–Kier alpha value is -2.97. The van der Waals surface area contributed by atoms with Crippen molar-refractivity contribution >= 4 is 23.5 Å². The van der Waals surface area contributed by atoms with Crippen molar-refractivity contribution in [1.82, 2.24) is 20.3 Å². The topological polar surface area (TPSA) is 93.6 Å². The van der Waals surface area contributed by atoms with Gasteiger partial charge in [0.05, 0.1) is 18.1 Å². The number of anilines is 2. The van der Waals surface area contributed by atoms with Crippen LogP contribution in [0.25, 0.3) is 6.08 Å². The van der Waals surface area contributed by atoms with E-state index in [9.17, 15) is 4.79 Å². The number of amides is 1. The van der Waals surface area contributed by atoms with Gasteiger partial charge in [-0.1, -0.05) is 12.1 Å². The van der Waals surface area contributed by atoms with Crippen molar-refractivity contribution in [2.24, 2.45) is 0 Å². The molecule has 1 aliphatic heterocycles. The molecule has 148 valence electrons. The predicted octanol–water partition coefficient (Wildman–Crippen LogP) is 1.75. The minimum atomic E-state index is -0.605. The standard InChI is InChI=1S/C20H26N6O2/c1-25(2)18-5-3-4-15(10-18)13-26-9-8-17(14-26)23-19-12-21-16(11-22-19)6-7-20(27)24-28/h3-7,10-12,17,28H,8-9,13-14H2,1-2H3,(H,22,23)(H,24,27)/t17-/m1/s1. The average Bonchev–Trinajstić information content (AvgIpc) is 3.14. The maximum Gasteiger partial charge on any atom is 0.267 e. The summed E-state index contributed by atoms with van der Waals surface area (Å²) in [5.41, 5.74) is 4.61. The van der Waals surface area contributed by atoms with Crippen LogP contribution < -0.4 is 15.7 Å². The van der Waals surface area contributed by atoms with Gasteiger partial charge in [0.25, 0.3) is 5.91 Å². The van der Waals surface area contributed by atoms with Crippen LogP contribution in [0.4, 0.5) is 11.5 Å². The molecule has 8 heteroatoms. The van der Waals surface area contributed by atoms with Crippen molar-refractivity contribution in [2.45, 2.75) is 19.0 Å². The van der Waals surface area contributed by atoms with Crippen LogP contribution in [0.5, 0.6) is 0 Å². The SMILES string of the molecule is CN(C)c1cccc(CN2CC[C@@H](Nc3cnc(C=CC(=O)NO)cn3)C2)c1. The Labute approximate surface area is 164 Å². The zero-order chi connectivity index (χ0) is 19.9. The number of hydroxylamine groups is 1. The van der Waals surface area contributed by atoms with Gasteiger partial charge in [0, 0.05) is 51.5 Å². The Kier molecular flexibility index (Phi) is 6.57. The first kappa shape index (κ1) is 19.8. The van der Waals surface area contributed by atoms with Crippen molar-refractivity contribution in [3.8, 4) is 0 Å². The lowest BCUT2D eigenvalue weighted by Gasteiger charge is -2.19. The largest absolute Gasteiger partial charge is 0.378 e. The zero-order valence-electron chi connectivity index (χ0n) is 16.2. The number of carbonyl (C=O) groups excluding carboxylic acids is 1. The highest BCUT2D eigenvalue weighted by Crippen LogP contribution is 2.19. The second-order valence-corrected chi connectivity index (χ2v) is 7.07. The molecular formula is C20H26N6O2. The second-order valence-electron chi connectivity index (χ2n) is 7.07. The van der Waals surface area contributed by atoms with Crippen LogP contribution in [0.15, 0.2) is 42.7 Å². The monoisotopic (exact) mass is 382 g/mol. The number of likely N-dealkylation sites (tertiary alicyclic amines) is 1. The van der Waals surface area contributed by atoms with E-state index in [2.05, 4.69) is 63.4 Å².